The van der Waals surface area contributed by atoms with E-state index < -0.39 is 0 Å². The fraction of sp³-hybridized carbons (Fsp3) is 0.429. The molecule has 1 aromatic carbocycles. The number of hydrogen-bond donors (Lipinski definition) is 3. The molecule has 1 heterocycles. The van der Waals surface area contributed by atoms with Crippen LogP contribution in [0.2, 0.25) is 0 Å². The Morgan fingerprint density at radius 3 is 2.25 bits per heavy atom. The Bertz CT molecular complexity index is 478. The Morgan fingerprint density at radius 1 is 1.15 bits per heavy atom. The molecule has 1 saturated heterocycles. The summed E-state index contributed by atoms with van der Waals surface area (Å²) in [5.41, 5.74) is 12.3. The minimum Gasteiger partial charge on any atom is -0.382 e. The SMILES string of the molecule is NC(=O)Cc1ccc(NC2CCN(C(N)=O)CC2)cc1. The van der Waals surface area contributed by atoms with Crippen molar-refractivity contribution in [2.75, 3.05) is 18.4 Å². The zero-order valence-corrected chi connectivity index (χ0v) is 11.3. The van der Waals surface area contributed by atoms with Crippen molar-refractivity contribution in [3.05, 3.63) is 29.8 Å². The highest BCUT2D eigenvalue weighted by atomic mass is 16.2. The number of nitrogens with zero attached hydrogens (tertiary/aromatic N) is 1. The number of piperidine rings is 1. The van der Waals surface area contributed by atoms with Crippen LogP contribution in [0.15, 0.2) is 24.3 Å². The molecule has 0 aromatic heterocycles. The van der Waals surface area contributed by atoms with Crippen molar-refractivity contribution in [2.24, 2.45) is 11.5 Å². The van der Waals surface area contributed by atoms with E-state index >= 15 is 0 Å². The van der Waals surface area contributed by atoms with Crippen LogP contribution in [0.5, 0.6) is 0 Å². The molecule has 1 aromatic rings. The highest BCUT2D eigenvalue weighted by Gasteiger charge is 2.20. The van der Waals surface area contributed by atoms with E-state index in [2.05, 4.69) is 5.32 Å². The van der Waals surface area contributed by atoms with E-state index in [1.807, 2.05) is 24.3 Å². The van der Waals surface area contributed by atoms with Crippen molar-refractivity contribution in [3.8, 4) is 0 Å². The molecule has 5 N–H and O–H groups in total. The first-order chi connectivity index (χ1) is 9.54. The largest absolute Gasteiger partial charge is 0.382 e. The molecule has 0 aliphatic carbocycles. The smallest absolute Gasteiger partial charge is 0.314 e. The van der Waals surface area contributed by atoms with Gasteiger partial charge in [-0.2, -0.15) is 0 Å². The van der Waals surface area contributed by atoms with E-state index in [9.17, 15) is 9.59 Å². The van der Waals surface area contributed by atoms with Crippen LogP contribution >= 0.6 is 0 Å². The number of carbonyl (C=O) groups is 2. The van der Waals surface area contributed by atoms with Gasteiger partial charge in [0.1, 0.15) is 0 Å². The molecule has 0 saturated carbocycles. The Morgan fingerprint density at radius 2 is 1.75 bits per heavy atom. The highest BCUT2D eigenvalue weighted by Crippen LogP contribution is 2.17. The van der Waals surface area contributed by atoms with Gasteiger partial charge in [0.15, 0.2) is 0 Å². The molecule has 1 aliphatic rings. The van der Waals surface area contributed by atoms with Gasteiger partial charge in [-0.25, -0.2) is 4.79 Å². The monoisotopic (exact) mass is 276 g/mol. The van der Waals surface area contributed by atoms with Gasteiger partial charge in [0.25, 0.3) is 0 Å². The van der Waals surface area contributed by atoms with Crippen molar-refractivity contribution in [1.82, 2.24) is 4.90 Å². The number of hydrogen-bond acceptors (Lipinski definition) is 3. The topological polar surface area (TPSA) is 101 Å². The van der Waals surface area contributed by atoms with Crippen molar-refractivity contribution >= 4 is 17.6 Å². The van der Waals surface area contributed by atoms with Crippen LogP contribution in [0.1, 0.15) is 18.4 Å². The van der Waals surface area contributed by atoms with Crippen LogP contribution in [0.25, 0.3) is 0 Å². The first-order valence-corrected chi connectivity index (χ1v) is 6.73. The zero-order valence-electron chi connectivity index (χ0n) is 11.3. The summed E-state index contributed by atoms with van der Waals surface area (Å²) >= 11 is 0. The molecule has 0 spiro atoms. The minimum atomic E-state index is -0.348. The molecule has 20 heavy (non-hydrogen) atoms. The van der Waals surface area contributed by atoms with Crippen molar-refractivity contribution in [1.29, 1.82) is 0 Å². The maximum absolute atomic E-state index is 11.0. The van der Waals surface area contributed by atoms with Gasteiger partial charge in [0.05, 0.1) is 6.42 Å². The summed E-state index contributed by atoms with van der Waals surface area (Å²) in [6.45, 7) is 1.37. The lowest BCUT2D eigenvalue weighted by atomic mass is 10.0. The number of urea groups is 1. The summed E-state index contributed by atoms with van der Waals surface area (Å²) in [4.78, 5) is 23.5. The molecule has 1 aliphatic heterocycles. The predicted octanol–water partition coefficient (Wildman–Crippen LogP) is 0.669. The van der Waals surface area contributed by atoms with Crippen LogP contribution in [0.3, 0.4) is 0 Å². The third-order valence-corrected chi connectivity index (χ3v) is 3.51. The molecule has 108 valence electrons. The highest BCUT2D eigenvalue weighted by molar-refractivity contribution is 5.76. The molecule has 0 radical (unpaired) electrons. The molecule has 6 nitrogen and oxygen atoms in total. The molecule has 0 bridgehead atoms. The summed E-state index contributed by atoms with van der Waals surface area (Å²) in [5.74, 6) is -0.329. The Labute approximate surface area is 118 Å². The number of benzene rings is 1. The van der Waals surface area contributed by atoms with Crippen LogP contribution in [-0.2, 0) is 11.2 Å². The maximum Gasteiger partial charge on any atom is 0.314 e. The van der Waals surface area contributed by atoms with E-state index in [1.165, 1.54) is 0 Å². The Balaban J connectivity index is 1.85. The van der Waals surface area contributed by atoms with Crippen LogP contribution in [0.4, 0.5) is 10.5 Å². The summed E-state index contributed by atoms with van der Waals surface area (Å²) in [6, 6.07) is 7.67. The number of rotatable bonds is 4. The lowest BCUT2D eigenvalue weighted by Crippen LogP contribution is -2.44. The molecule has 0 atom stereocenters. The van der Waals surface area contributed by atoms with Crippen molar-refractivity contribution < 1.29 is 9.59 Å². The summed E-state index contributed by atoms with van der Waals surface area (Å²) in [7, 11) is 0. The van der Waals surface area contributed by atoms with E-state index in [4.69, 9.17) is 11.5 Å². The van der Waals surface area contributed by atoms with Gasteiger partial charge in [-0.15, -0.1) is 0 Å². The van der Waals surface area contributed by atoms with Gasteiger partial charge in [-0.05, 0) is 30.5 Å². The van der Waals surface area contributed by atoms with Crippen LogP contribution in [-0.4, -0.2) is 36.0 Å². The van der Waals surface area contributed by atoms with E-state index in [-0.39, 0.29) is 18.4 Å². The van der Waals surface area contributed by atoms with Gasteiger partial charge in [-0.3, -0.25) is 4.79 Å². The van der Waals surface area contributed by atoms with Crippen LogP contribution < -0.4 is 16.8 Å². The Kier molecular flexibility index (Phi) is 4.45. The van der Waals surface area contributed by atoms with Crippen LogP contribution in [0, 0.1) is 0 Å². The average molecular weight is 276 g/mol. The van der Waals surface area contributed by atoms with Gasteiger partial charge < -0.3 is 21.7 Å². The van der Waals surface area contributed by atoms with Gasteiger partial charge in [-0.1, -0.05) is 12.1 Å². The quantitative estimate of drug-likeness (QED) is 0.753. The fourth-order valence-corrected chi connectivity index (χ4v) is 2.40. The molecular formula is C14H20N4O2. The molecule has 6 heteroatoms. The van der Waals surface area contributed by atoms with E-state index in [0.717, 1.165) is 24.1 Å². The minimum absolute atomic E-state index is 0.261. The normalized spacial score (nSPS) is 15.9. The second-order valence-corrected chi connectivity index (χ2v) is 5.08. The standard InChI is InChI=1S/C14H20N4O2/c15-13(19)9-10-1-3-11(4-2-10)17-12-5-7-18(8-6-12)14(16)20/h1-4,12,17H,5-9H2,(H2,15,19)(H2,16,20). The lowest BCUT2D eigenvalue weighted by Gasteiger charge is -2.31. The van der Waals surface area contributed by atoms with Crippen molar-refractivity contribution in [2.45, 2.75) is 25.3 Å². The van der Waals surface area contributed by atoms with Crippen molar-refractivity contribution in [3.63, 3.8) is 0 Å². The molecule has 3 amide bonds. The number of anilines is 1. The number of carbonyl (C=O) groups excluding carboxylic acids is 2. The van der Waals surface area contributed by atoms with E-state index in [1.54, 1.807) is 4.90 Å². The zero-order chi connectivity index (χ0) is 14.5. The summed E-state index contributed by atoms with van der Waals surface area (Å²) in [6.07, 6.45) is 2.02. The number of primary amides is 2. The number of nitrogens with one attached hydrogen (secondary N) is 1. The summed E-state index contributed by atoms with van der Waals surface area (Å²) in [5, 5.41) is 3.43. The number of likely N-dealkylation sites (tertiary alicyclic amines) is 1. The van der Waals surface area contributed by atoms with Gasteiger partial charge >= 0.3 is 6.03 Å². The first kappa shape index (κ1) is 14.2. The second kappa shape index (κ2) is 6.27. The third-order valence-electron chi connectivity index (χ3n) is 3.51. The number of amides is 3. The van der Waals surface area contributed by atoms with Gasteiger partial charge in [0.2, 0.25) is 5.91 Å². The molecule has 2 rings (SSSR count). The summed E-state index contributed by atoms with van der Waals surface area (Å²) < 4.78 is 0. The van der Waals surface area contributed by atoms with E-state index in [0.29, 0.717) is 19.1 Å². The maximum atomic E-state index is 11.0. The molecule has 0 unspecified atom stereocenters. The average Bonchev–Trinajstić information content (AvgIpc) is 2.41. The van der Waals surface area contributed by atoms with Gasteiger partial charge in [0, 0.05) is 24.8 Å². The lowest BCUT2D eigenvalue weighted by molar-refractivity contribution is -0.117. The molecular weight excluding hydrogens is 256 g/mol. The third kappa shape index (κ3) is 3.88. The Hall–Kier alpha value is -2.24. The predicted molar refractivity (Wildman–Crippen MR) is 77.1 cm³/mol. The molecule has 1 fully saturated rings. The first-order valence-electron chi connectivity index (χ1n) is 6.73. The fourth-order valence-electron chi connectivity index (χ4n) is 2.40. The number of nitrogens with two attached hydrogens (primary N) is 2. The second-order valence-electron chi connectivity index (χ2n) is 5.08.